The first kappa shape index (κ1) is 20.2. The highest BCUT2D eigenvalue weighted by Gasteiger charge is 2.28. The number of aliphatic hydroxyl groups excluding tert-OH is 1. The smallest absolute Gasteiger partial charge is 0.263 e. The Labute approximate surface area is 166 Å². The van der Waals surface area contributed by atoms with Crippen molar-refractivity contribution in [2.75, 3.05) is 6.54 Å². The Balaban J connectivity index is 1.42. The van der Waals surface area contributed by atoms with Crippen molar-refractivity contribution in [1.29, 1.82) is 0 Å². The first-order valence-corrected chi connectivity index (χ1v) is 10.1. The lowest BCUT2D eigenvalue weighted by molar-refractivity contribution is -0.126. The first-order valence-electron chi connectivity index (χ1n) is 9.30. The first-order chi connectivity index (χ1) is 13.4. The predicted molar refractivity (Wildman–Crippen MR) is 105 cm³/mol. The number of hydrogen-bond donors (Lipinski definition) is 4. The second kappa shape index (κ2) is 9.11. The third-order valence-corrected chi connectivity index (χ3v) is 5.81. The van der Waals surface area contributed by atoms with E-state index in [1.165, 1.54) is 17.4 Å². The van der Waals surface area contributed by atoms with Gasteiger partial charge in [-0.3, -0.25) is 14.4 Å². The molecule has 1 unspecified atom stereocenters. The normalized spacial score (nSPS) is 20.4. The van der Waals surface area contributed by atoms with Crippen LogP contribution in [0.25, 0.3) is 0 Å². The van der Waals surface area contributed by atoms with E-state index in [0.717, 1.165) is 17.8 Å². The number of rotatable bonds is 6. The van der Waals surface area contributed by atoms with E-state index in [1.807, 2.05) is 6.92 Å². The van der Waals surface area contributed by atoms with Gasteiger partial charge in [0.2, 0.25) is 11.5 Å². The zero-order valence-electron chi connectivity index (χ0n) is 15.6. The molecule has 9 heteroatoms. The number of thiazole rings is 1. The summed E-state index contributed by atoms with van der Waals surface area (Å²) in [4.78, 5) is 43.1. The SMILES string of the molecule is Cc1ncc(C(=O)NC2CCC(C(=O)NCC(O)c3cccc(=O)[nH]3)CC2)s1. The molecule has 2 amide bonds. The van der Waals surface area contributed by atoms with Gasteiger partial charge in [0, 0.05) is 30.3 Å². The summed E-state index contributed by atoms with van der Waals surface area (Å²) in [5.41, 5.74) is 0.0780. The highest BCUT2D eigenvalue weighted by Crippen LogP contribution is 2.25. The lowest BCUT2D eigenvalue weighted by atomic mass is 9.85. The molecule has 0 spiro atoms. The van der Waals surface area contributed by atoms with Crippen molar-refractivity contribution in [1.82, 2.24) is 20.6 Å². The Morgan fingerprint density at radius 3 is 2.71 bits per heavy atom. The van der Waals surface area contributed by atoms with Crippen LogP contribution in [0.3, 0.4) is 0 Å². The molecule has 1 fully saturated rings. The molecule has 8 nitrogen and oxygen atoms in total. The van der Waals surface area contributed by atoms with E-state index < -0.39 is 6.10 Å². The zero-order chi connectivity index (χ0) is 20.1. The van der Waals surface area contributed by atoms with Gasteiger partial charge in [-0.15, -0.1) is 11.3 Å². The standard InChI is InChI=1S/C19H24N4O4S/c1-11-20-10-16(28-11)19(27)22-13-7-5-12(6-8-13)18(26)21-9-15(24)14-3-2-4-17(25)23-14/h2-4,10,12-13,15,24H,5-9H2,1H3,(H,21,26)(H,22,27)(H,23,25). The Morgan fingerprint density at radius 1 is 1.32 bits per heavy atom. The monoisotopic (exact) mass is 404 g/mol. The maximum atomic E-state index is 12.4. The molecular formula is C19H24N4O4S. The number of hydrogen-bond acceptors (Lipinski definition) is 6. The van der Waals surface area contributed by atoms with E-state index in [-0.39, 0.29) is 35.9 Å². The van der Waals surface area contributed by atoms with Gasteiger partial charge in [-0.1, -0.05) is 6.07 Å². The lowest BCUT2D eigenvalue weighted by Gasteiger charge is -2.28. The summed E-state index contributed by atoms with van der Waals surface area (Å²) in [7, 11) is 0. The van der Waals surface area contributed by atoms with Gasteiger partial charge in [0.05, 0.1) is 11.2 Å². The van der Waals surface area contributed by atoms with Gasteiger partial charge in [0.1, 0.15) is 11.0 Å². The summed E-state index contributed by atoms with van der Waals surface area (Å²) in [5.74, 6) is -0.362. The molecule has 1 aliphatic carbocycles. The van der Waals surface area contributed by atoms with E-state index in [1.54, 1.807) is 18.3 Å². The van der Waals surface area contributed by atoms with Crippen molar-refractivity contribution in [3.8, 4) is 0 Å². The third-order valence-electron chi connectivity index (χ3n) is 4.90. The van der Waals surface area contributed by atoms with Gasteiger partial charge >= 0.3 is 0 Å². The summed E-state index contributed by atoms with van der Waals surface area (Å²) in [5, 5.41) is 16.7. The van der Waals surface area contributed by atoms with E-state index in [4.69, 9.17) is 0 Å². The van der Waals surface area contributed by atoms with Gasteiger partial charge in [-0.25, -0.2) is 4.98 Å². The van der Waals surface area contributed by atoms with Crippen molar-refractivity contribution >= 4 is 23.2 Å². The second-order valence-electron chi connectivity index (χ2n) is 7.00. The minimum Gasteiger partial charge on any atom is -0.385 e. The van der Waals surface area contributed by atoms with Gasteiger partial charge in [-0.2, -0.15) is 0 Å². The molecule has 0 radical (unpaired) electrons. The van der Waals surface area contributed by atoms with Gasteiger partial charge in [0.15, 0.2) is 0 Å². The van der Waals surface area contributed by atoms with Crippen LogP contribution >= 0.6 is 11.3 Å². The third kappa shape index (κ3) is 5.26. The molecule has 4 N–H and O–H groups in total. The summed E-state index contributed by atoms with van der Waals surface area (Å²) in [6.45, 7) is 1.90. The van der Waals surface area contributed by atoms with E-state index in [2.05, 4.69) is 20.6 Å². The summed E-state index contributed by atoms with van der Waals surface area (Å²) in [6.07, 6.45) is 3.44. The minimum absolute atomic E-state index is 0.0418. The molecule has 2 heterocycles. The van der Waals surface area contributed by atoms with Gasteiger partial charge < -0.3 is 20.7 Å². The maximum Gasteiger partial charge on any atom is 0.263 e. The highest BCUT2D eigenvalue weighted by molar-refractivity contribution is 7.13. The van der Waals surface area contributed by atoms with Crippen LogP contribution in [-0.2, 0) is 4.79 Å². The quantitative estimate of drug-likeness (QED) is 0.577. The van der Waals surface area contributed by atoms with Crippen molar-refractivity contribution < 1.29 is 14.7 Å². The molecule has 150 valence electrons. The second-order valence-corrected chi connectivity index (χ2v) is 8.23. The van der Waals surface area contributed by atoms with E-state index in [0.29, 0.717) is 23.4 Å². The Kier molecular flexibility index (Phi) is 6.58. The fourth-order valence-electron chi connectivity index (χ4n) is 3.33. The van der Waals surface area contributed by atoms with Crippen LogP contribution in [-0.4, -0.2) is 39.5 Å². The minimum atomic E-state index is -0.962. The molecule has 0 saturated heterocycles. The molecule has 0 aromatic carbocycles. The fraction of sp³-hybridized carbons (Fsp3) is 0.474. The number of nitrogens with zero attached hydrogens (tertiary/aromatic N) is 1. The largest absolute Gasteiger partial charge is 0.385 e. The average Bonchev–Trinajstić information content (AvgIpc) is 3.13. The molecule has 0 bridgehead atoms. The number of carbonyl (C=O) groups excluding carboxylic acids is 2. The number of aromatic nitrogens is 2. The number of H-pyrrole nitrogens is 1. The van der Waals surface area contributed by atoms with Crippen LogP contribution in [0.1, 0.15) is 52.2 Å². The van der Waals surface area contributed by atoms with E-state index >= 15 is 0 Å². The number of nitrogens with one attached hydrogen (secondary N) is 3. The van der Waals surface area contributed by atoms with Gasteiger partial charge in [-0.05, 0) is 38.7 Å². The molecular weight excluding hydrogens is 380 g/mol. The number of amides is 2. The predicted octanol–water partition coefficient (Wildman–Crippen LogP) is 1.28. The van der Waals surface area contributed by atoms with Gasteiger partial charge in [0.25, 0.3) is 5.91 Å². The zero-order valence-corrected chi connectivity index (χ0v) is 16.4. The van der Waals surface area contributed by atoms with Crippen LogP contribution in [0, 0.1) is 12.8 Å². The summed E-state index contributed by atoms with van der Waals surface area (Å²) in [6, 6.07) is 4.58. The number of pyridine rings is 1. The highest BCUT2D eigenvalue weighted by atomic mass is 32.1. The van der Waals surface area contributed by atoms with Crippen LogP contribution in [0.2, 0.25) is 0 Å². The average molecular weight is 404 g/mol. The Bertz CT molecular complexity index is 886. The summed E-state index contributed by atoms with van der Waals surface area (Å²) < 4.78 is 0. The lowest BCUT2D eigenvalue weighted by Crippen LogP contribution is -2.41. The molecule has 1 aliphatic rings. The van der Waals surface area contributed by atoms with Crippen molar-refractivity contribution in [3.05, 3.63) is 50.3 Å². The summed E-state index contributed by atoms with van der Waals surface area (Å²) >= 11 is 1.37. The number of aliphatic hydroxyl groups is 1. The molecule has 1 atom stereocenters. The van der Waals surface area contributed by atoms with Crippen LogP contribution < -0.4 is 16.2 Å². The van der Waals surface area contributed by atoms with Crippen molar-refractivity contribution in [3.63, 3.8) is 0 Å². The number of carbonyl (C=O) groups is 2. The topological polar surface area (TPSA) is 124 Å². The molecule has 2 aromatic heterocycles. The van der Waals surface area contributed by atoms with Crippen LogP contribution in [0.4, 0.5) is 0 Å². The molecule has 1 saturated carbocycles. The molecule has 0 aliphatic heterocycles. The maximum absolute atomic E-state index is 12.4. The molecule has 3 rings (SSSR count). The van der Waals surface area contributed by atoms with Crippen molar-refractivity contribution in [2.45, 2.75) is 44.8 Å². The molecule has 2 aromatic rings. The van der Waals surface area contributed by atoms with Crippen LogP contribution in [0.15, 0.2) is 29.2 Å². The number of aromatic amines is 1. The van der Waals surface area contributed by atoms with Crippen LogP contribution in [0.5, 0.6) is 0 Å². The molecule has 28 heavy (non-hydrogen) atoms. The fourth-order valence-corrected chi connectivity index (χ4v) is 4.01. The van der Waals surface area contributed by atoms with Crippen molar-refractivity contribution in [2.24, 2.45) is 5.92 Å². The number of aryl methyl sites for hydroxylation is 1. The van der Waals surface area contributed by atoms with E-state index in [9.17, 15) is 19.5 Å². The Morgan fingerprint density at radius 2 is 2.07 bits per heavy atom. The Hall–Kier alpha value is -2.52.